The Morgan fingerprint density at radius 1 is 0.929 bits per heavy atom. The van der Waals surface area contributed by atoms with Crippen molar-refractivity contribution in [3.05, 3.63) is 36.4 Å². The van der Waals surface area contributed by atoms with E-state index in [0.717, 1.165) is 10.8 Å². The third-order valence-electron chi connectivity index (χ3n) is 1.91. The Bertz CT molecular complexity index is 395. The van der Waals surface area contributed by atoms with Crippen molar-refractivity contribution >= 4 is 75.6 Å². The van der Waals surface area contributed by atoms with Crippen LogP contribution in [0.15, 0.2) is 36.4 Å². The standard InChI is InChI=1S/C10H9NO.2Na.2H/c11-8-5-1-3-7-4-2-6-9(12)10(7)8;;;;/h1-6,12H,11H2;;;;. The molecule has 0 aliphatic rings. The summed E-state index contributed by atoms with van der Waals surface area (Å²) in [4.78, 5) is 0. The van der Waals surface area contributed by atoms with Crippen LogP contribution < -0.4 is 5.73 Å². The summed E-state index contributed by atoms with van der Waals surface area (Å²) in [6, 6.07) is 10.9. The molecular formula is C10H11NNa2O. The summed E-state index contributed by atoms with van der Waals surface area (Å²) in [5, 5.41) is 11.2. The minimum atomic E-state index is 0. The van der Waals surface area contributed by atoms with Crippen LogP contribution >= 0.6 is 0 Å². The van der Waals surface area contributed by atoms with E-state index >= 15 is 0 Å². The molecule has 0 saturated heterocycles. The monoisotopic (exact) mass is 207 g/mol. The molecule has 2 rings (SSSR count). The fourth-order valence-electron chi connectivity index (χ4n) is 1.35. The summed E-state index contributed by atoms with van der Waals surface area (Å²) in [6.07, 6.45) is 0. The van der Waals surface area contributed by atoms with Crippen LogP contribution in [0.2, 0.25) is 0 Å². The van der Waals surface area contributed by atoms with E-state index in [1.54, 1.807) is 18.2 Å². The van der Waals surface area contributed by atoms with Crippen molar-refractivity contribution in [2.45, 2.75) is 0 Å². The second kappa shape index (κ2) is 6.01. The number of fused-ring (bicyclic) bond motifs is 1. The molecule has 2 aromatic carbocycles. The van der Waals surface area contributed by atoms with E-state index in [4.69, 9.17) is 5.73 Å². The molecule has 3 N–H and O–H groups in total. The van der Waals surface area contributed by atoms with E-state index in [1.807, 2.05) is 18.2 Å². The van der Waals surface area contributed by atoms with Crippen LogP contribution in [-0.4, -0.2) is 64.2 Å². The predicted molar refractivity (Wildman–Crippen MR) is 64.3 cm³/mol. The maximum absolute atomic E-state index is 9.47. The Morgan fingerprint density at radius 3 is 2.07 bits per heavy atom. The van der Waals surface area contributed by atoms with Gasteiger partial charge in [0, 0.05) is 11.1 Å². The normalized spacial score (nSPS) is 8.86. The molecule has 0 spiro atoms. The molecule has 0 atom stereocenters. The first-order valence-corrected chi connectivity index (χ1v) is 3.75. The Kier molecular flexibility index (Phi) is 6.14. The van der Waals surface area contributed by atoms with Gasteiger partial charge in [0.2, 0.25) is 0 Å². The average molecular weight is 207 g/mol. The molecule has 0 fully saturated rings. The van der Waals surface area contributed by atoms with Crippen molar-refractivity contribution in [1.82, 2.24) is 0 Å². The molecular weight excluding hydrogens is 196 g/mol. The average Bonchev–Trinajstić information content (AvgIpc) is 2.04. The quantitative estimate of drug-likeness (QED) is 0.496. The van der Waals surface area contributed by atoms with Crippen LogP contribution in [0, 0.1) is 0 Å². The van der Waals surface area contributed by atoms with Crippen molar-refractivity contribution in [3.63, 3.8) is 0 Å². The van der Waals surface area contributed by atoms with Gasteiger partial charge < -0.3 is 10.8 Å². The fourth-order valence-corrected chi connectivity index (χ4v) is 1.35. The van der Waals surface area contributed by atoms with Gasteiger partial charge in [0.25, 0.3) is 0 Å². The number of rotatable bonds is 0. The van der Waals surface area contributed by atoms with Crippen molar-refractivity contribution in [3.8, 4) is 5.75 Å². The molecule has 2 aromatic rings. The summed E-state index contributed by atoms with van der Waals surface area (Å²) < 4.78 is 0. The molecule has 0 aromatic heterocycles. The van der Waals surface area contributed by atoms with E-state index in [0.29, 0.717) is 5.69 Å². The number of benzene rings is 2. The number of nitrogen functional groups attached to an aromatic ring is 1. The van der Waals surface area contributed by atoms with Crippen LogP contribution in [0.1, 0.15) is 0 Å². The van der Waals surface area contributed by atoms with Gasteiger partial charge in [-0.25, -0.2) is 0 Å². The fraction of sp³-hybridized carbons (Fsp3) is 0. The van der Waals surface area contributed by atoms with Crippen molar-refractivity contribution in [2.75, 3.05) is 5.73 Å². The molecule has 0 unspecified atom stereocenters. The Balaban J connectivity index is 0.000000845. The van der Waals surface area contributed by atoms with E-state index in [-0.39, 0.29) is 64.9 Å². The molecule has 0 amide bonds. The molecule has 0 aliphatic heterocycles. The molecule has 14 heavy (non-hydrogen) atoms. The molecule has 0 saturated carbocycles. The third-order valence-corrected chi connectivity index (χ3v) is 1.91. The first kappa shape index (κ1) is 14.3. The maximum atomic E-state index is 9.47. The first-order chi connectivity index (χ1) is 5.79. The van der Waals surface area contributed by atoms with E-state index in [9.17, 15) is 5.11 Å². The van der Waals surface area contributed by atoms with Crippen LogP contribution in [0.25, 0.3) is 10.8 Å². The van der Waals surface area contributed by atoms with Gasteiger partial charge in [-0.15, -0.1) is 0 Å². The number of hydrogen-bond donors (Lipinski definition) is 2. The van der Waals surface area contributed by atoms with Gasteiger partial charge in [0.05, 0.1) is 0 Å². The van der Waals surface area contributed by atoms with Crippen LogP contribution in [0.5, 0.6) is 5.75 Å². The van der Waals surface area contributed by atoms with Crippen molar-refractivity contribution in [1.29, 1.82) is 0 Å². The van der Waals surface area contributed by atoms with Gasteiger partial charge in [0.1, 0.15) is 5.75 Å². The van der Waals surface area contributed by atoms with Crippen molar-refractivity contribution in [2.24, 2.45) is 0 Å². The zero-order valence-electron chi connectivity index (χ0n) is 6.49. The van der Waals surface area contributed by atoms with Gasteiger partial charge in [-0.05, 0) is 17.5 Å². The van der Waals surface area contributed by atoms with E-state index in [2.05, 4.69) is 0 Å². The number of anilines is 1. The summed E-state index contributed by atoms with van der Waals surface area (Å²) in [5.41, 5.74) is 6.31. The second-order valence-electron chi connectivity index (χ2n) is 2.72. The third kappa shape index (κ3) is 2.66. The molecule has 0 aliphatic carbocycles. The molecule has 4 heteroatoms. The summed E-state index contributed by atoms with van der Waals surface area (Å²) in [5.74, 6) is 0.241. The molecule has 64 valence electrons. The minimum absolute atomic E-state index is 0. The van der Waals surface area contributed by atoms with Crippen molar-refractivity contribution < 1.29 is 5.11 Å². The van der Waals surface area contributed by atoms with Gasteiger partial charge in [-0.3, -0.25) is 0 Å². The van der Waals surface area contributed by atoms with Crippen LogP contribution in [0.3, 0.4) is 0 Å². The molecule has 0 heterocycles. The second-order valence-corrected chi connectivity index (χ2v) is 2.72. The van der Waals surface area contributed by atoms with E-state index in [1.165, 1.54) is 0 Å². The van der Waals surface area contributed by atoms with Crippen LogP contribution in [0.4, 0.5) is 5.69 Å². The molecule has 0 bridgehead atoms. The zero-order valence-corrected chi connectivity index (χ0v) is 6.49. The molecule has 2 nitrogen and oxygen atoms in total. The van der Waals surface area contributed by atoms with E-state index < -0.39 is 0 Å². The Hall–Kier alpha value is 0.300. The Labute approximate surface area is 127 Å². The summed E-state index contributed by atoms with van der Waals surface area (Å²) in [6.45, 7) is 0. The predicted octanol–water partition coefficient (Wildman–Crippen LogP) is 0.831. The molecule has 0 radical (unpaired) electrons. The summed E-state index contributed by atoms with van der Waals surface area (Å²) >= 11 is 0. The van der Waals surface area contributed by atoms with Gasteiger partial charge in [-0.1, -0.05) is 24.3 Å². The number of nitrogens with two attached hydrogens (primary N) is 1. The Morgan fingerprint density at radius 2 is 1.50 bits per heavy atom. The summed E-state index contributed by atoms with van der Waals surface area (Å²) in [7, 11) is 0. The van der Waals surface area contributed by atoms with Gasteiger partial charge >= 0.3 is 59.1 Å². The first-order valence-electron chi connectivity index (χ1n) is 3.75. The number of phenols is 1. The number of aromatic hydroxyl groups is 1. The van der Waals surface area contributed by atoms with Gasteiger partial charge in [0.15, 0.2) is 0 Å². The topological polar surface area (TPSA) is 46.2 Å². The zero-order chi connectivity index (χ0) is 8.55. The SMILES string of the molecule is Nc1cccc2cccc(O)c12.[NaH].[NaH]. The van der Waals surface area contributed by atoms with Crippen LogP contribution in [-0.2, 0) is 0 Å². The number of hydrogen-bond acceptors (Lipinski definition) is 2. The number of phenolic OH excluding ortho intramolecular Hbond substituents is 1. The van der Waals surface area contributed by atoms with Gasteiger partial charge in [-0.2, -0.15) is 0 Å².